The Morgan fingerprint density at radius 2 is 1.54 bits per heavy atom. The van der Waals surface area contributed by atoms with E-state index in [0.717, 1.165) is 16.3 Å². The quantitative estimate of drug-likeness (QED) is 0.614. The molecule has 3 rings (SSSR count). The molecule has 0 bridgehead atoms. The lowest BCUT2D eigenvalue weighted by atomic mass is 9.86. The van der Waals surface area contributed by atoms with Gasteiger partial charge in [0.15, 0.2) is 6.10 Å². The molecule has 3 heteroatoms. The standard InChI is InChI=1S/C25H29NO2/c1-17(19-10-13-22(14-11-19)25(3,4)5)26-24(27)18(2)28-23-15-12-20-8-6-7-9-21(20)16-23/h6-18H,1-5H3,(H,26,27)/t17-,18+/m1/s1. The Morgan fingerprint density at radius 1 is 0.893 bits per heavy atom. The van der Waals surface area contributed by atoms with Crippen LogP contribution in [0.2, 0.25) is 0 Å². The number of hydrogen-bond acceptors (Lipinski definition) is 2. The van der Waals surface area contributed by atoms with Crippen molar-refractivity contribution >= 4 is 16.7 Å². The van der Waals surface area contributed by atoms with Crippen LogP contribution in [0.3, 0.4) is 0 Å². The fourth-order valence-corrected chi connectivity index (χ4v) is 3.18. The number of rotatable bonds is 5. The van der Waals surface area contributed by atoms with Crippen LogP contribution < -0.4 is 10.1 Å². The summed E-state index contributed by atoms with van der Waals surface area (Å²) in [5, 5.41) is 5.30. The van der Waals surface area contributed by atoms with Crippen molar-refractivity contribution in [2.75, 3.05) is 0 Å². The Bertz CT molecular complexity index is 954. The molecule has 0 aromatic heterocycles. The molecule has 28 heavy (non-hydrogen) atoms. The second-order valence-electron chi connectivity index (χ2n) is 8.37. The van der Waals surface area contributed by atoms with Crippen LogP contribution in [-0.4, -0.2) is 12.0 Å². The average Bonchev–Trinajstić information content (AvgIpc) is 2.67. The number of nitrogens with one attached hydrogen (secondary N) is 1. The number of benzene rings is 3. The Balaban J connectivity index is 1.62. The van der Waals surface area contributed by atoms with Gasteiger partial charge in [0.2, 0.25) is 0 Å². The van der Waals surface area contributed by atoms with Crippen molar-refractivity contribution < 1.29 is 9.53 Å². The van der Waals surface area contributed by atoms with Crippen molar-refractivity contribution in [3.8, 4) is 5.75 Å². The summed E-state index contributed by atoms with van der Waals surface area (Å²) in [5.74, 6) is 0.573. The maximum absolute atomic E-state index is 12.6. The summed E-state index contributed by atoms with van der Waals surface area (Å²) in [6.07, 6.45) is -0.572. The van der Waals surface area contributed by atoms with E-state index in [1.165, 1.54) is 5.56 Å². The third kappa shape index (κ3) is 4.72. The number of hydrogen-bond donors (Lipinski definition) is 1. The summed E-state index contributed by atoms with van der Waals surface area (Å²) in [4.78, 5) is 12.6. The van der Waals surface area contributed by atoms with Gasteiger partial charge in [-0.1, -0.05) is 75.4 Å². The first-order valence-electron chi connectivity index (χ1n) is 9.80. The molecular formula is C25H29NO2. The zero-order valence-electron chi connectivity index (χ0n) is 17.3. The average molecular weight is 376 g/mol. The minimum atomic E-state index is -0.572. The largest absolute Gasteiger partial charge is 0.481 e. The van der Waals surface area contributed by atoms with Crippen LogP contribution in [-0.2, 0) is 10.2 Å². The van der Waals surface area contributed by atoms with Gasteiger partial charge in [0.05, 0.1) is 6.04 Å². The molecule has 3 aromatic rings. The third-order valence-corrected chi connectivity index (χ3v) is 5.04. The summed E-state index contributed by atoms with van der Waals surface area (Å²) in [6.45, 7) is 10.4. The summed E-state index contributed by atoms with van der Waals surface area (Å²) in [6, 6.07) is 22.3. The van der Waals surface area contributed by atoms with E-state index in [-0.39, 0.29) is 17.4 Å². The SMILES string of the molecule is C[C@H](Oc1ccc2ccccc2c1)C(=O)N[C@H](C)c1ccc(C(C)(C)C)cc1. The fourth-order valence-electron chi connectivity index (χ4n) is 3.18. The van der Waals surface area contributed by atoms with Gasteiger partial charge in [-0.15, -0.1) is 0 Å². The lowest BCUT2D eigenvalue weighted by molar-refractivity contribution is -0.127. The number of fused-ring (bicyclic) bond motifs is 1. The van der Waals surface area contributed by atoms with Gasteiger partial charge in [0.1, 0.15) is 5.75 Å². The normalized spacial score (nSPS) is 13.8. The maximum Gasteiger partial charge on any atom is 0.261 e. The smallest absolute Gasteiger partial charge is 0.261 e. The zero-order chi connectivity index (χ0) is 20.3. The first kappa shape index (κ1) is 19.9. The molecule has 0 aliphatic rings. The van der Waals surface area contributed by atoms with E-state index in [1.54, 1.807) is 6.92 Å². The first-order chi connectivity index (χ1) is 13.2. The van der Waals surface area contributed by atoms with E-state index in [4.69, 9.17) is 4.74 Å². The van der Waals surface area contributed by atoms with Crippen molar-refractivity contribution in [2.45, 2.75) is 52.2 Å². The van der Waals surface area contributed by atoms with Gasteiger partial charge in [-0.3, -0.25) is 4.79 Å². The van der Waals surface area contributed by atoms with Crippen LogP contribution in [0.15, 0.2) is 66.7 Å². The predicted molar refractivity (Wildman–Crippen MR) is 116 cm³/mol. The molecule has 3 nitrogen and oxygen atoms in total. The molecule has 1 amide bonds. The molecule has 0 saturated heterocycles. The lowest BCUT2D eigenvalue weighted by Crippen LogP contribution is -2.37. The first-order valence-corrected chi connectivity index (χ1v) is 9.80. The fraction of sp³-hybridized carbons (Fsp3) is 0.320. The van der Waals surface area contributed by atoms with Gasteiger partial charge in [-0.05, 0) is 53.3 Å². The van der Waals surface area contributed by atoms with Crippen molar-refractivity contribution in [1.29, 1.82) is 0 Å². The molecule has 0 heterocycles. The minimum Gasteiger partial charge on any atom is -0.481 e. The Hall–Kier alpha value is -2.81. The highest BCUT2D eigenvalue weighted by molar-refractivity contribution is 5.84. The van der Waals surface area contributed by atoms with Crippen LogP contribution in [0.25, 0.3) is 10.8 Å². The van der Waals surface area contributed by atoms with Gasteiger partial charge in [-0.2, -0.15) is 0 Å². The second-order valence-corrected chi connectivity index (χ2v) is 8.37. The zero-order valence-corrected chi connectivity index (χ0v) is 17.3. The van der Waals surface area contributed by atoms with E-state index in [9.17, 15) is 4.79 Å². The number of carbonyl (C=O) groups excluding carboxylic acids is 1. The van der Waals surface area contributed by atoms with Gasteiger partial charge in [0, 0.05) is 0 Å². The van der Waals surface area contributed by atoms with E-state index < -0.39 is 6.10 Å². The number of ether oxygens (including phenoxy) is 1. The van der Waals surface area contributed by atoms with Gasteiger partial charge >= 0.3 is 0 Å². The van der Waals surface area contributed by atoms with E-state index in [1.807, 2.05) is 43.3 Å². The Kier molecular flexibility index (Phi) is 5.73. The molecule has 0 spiro atoms. The highest BCUT2D eigenvalue weighted by Gasteiger charge is 2.19. The molecule has 0 aliphatic carbocycles. The highest BCUT2D eigenvalue weighted by atomic mass is 16.5. The van der Waals surface area contributed by atoms with Gasteiger partial charge in [-0.25, -0.2) is 0 Å². The molecule has 3 aromatic carbocycles. The summed E-state index contributed by atoms with van der Waals surface area (Å²) in [5.41, 5.74) is 2.48. The predicted octanol–water partition coefficient (Wildman–Crippen LogP) is 5.78. The van der Waals surface area contributed by atoms with E-state index >= 15 is 0 Å². The molecule has 0 unspecified atom stereocenters. The summed E-state index contributed by atoms with van der Waals surface area (Å²) < 4.78 is 5.87. The highest BCUT2D eigenvalue weighted by Crippen LogP contribution is 2.24. The van der Waals surface area contributed by atoms with Crippen LogP contribution in [0.5, 0.6) is 5.75 Å². The minimum absolute atomic E-state index is 0.0795. The van der Waals surface area contributed by atoms with Crippen molar-refractivity contribution in [3.63, 3.8) is 0 Å². The van der Waals surface area contributed by atoms with E-state index in [0.29, 0.717) is 5.75 Å². The van der Waals surface area contributed by atoms with Crippen LogP contribution in [0.4, 0.5) is 0 Å². The molecule has 0 saturated carbocycles. The van der Waals surface area contributed by atoms with E-state index in [2.05, 4.69) is 56.4 Å². The molecule has 0 aliphatic heterocycles. The van der Waals surface area contributed by atoms with Crippen LogP contribution in [0, 0.1) is 0 Å². The van der Waals surface area contributed by atoms with Gasteiger partial charge in [0.25, 0.3) is 5.91 Å². The second kappa shape index (κ2) is 8.05. The van der Waals surface area contributed by atoms with Crippen LogP contribution >= 0.6 is 0 Å². The Morgan fingerprint density at radius 3 is 2.18 bits per heavy atom. The molecule has 0 radical (unpaired) electrons. The molecular weight excluding hydrogens is 346 g/mol. The van der Waals surface area contributed by atoms with Crippen molar-refractivity contribution in [2.24, 2.45) is 0 Å². The topological polar surface area (TPSA) is 38.3 Å². The monoisotopic (exact) mass is 375 g/mol. The summed E-state index contributed by atoms with van der Waals surface area (Å²) >= 11 is 0. The third-order valence-electron chi connectivity index (χ3n) is 5.04. The summed E-state index contributed by atoms with van der Waals surface area (Å²) in [7, 11) is 0. The van der Waals surface area contributed by atoms with Crippen molar-refractivity contribution in [1.82, 2.24) is 5.32 Å². The lowest BCUT2D eigenvalue weighted by Gasteiger charge is -2.22. The van der Waals surface area contributed by atoms with Crippen molar-refractivity contribution in [3.05, 3.63) is 77.9 Å². The van der Waals surface area contributed by atoms with Gasteiger partial charge < -0.3 is 10.1 Å². The molecule has 1 N–H and O–H groups in total. The Labute approximate surface area is 167 Å². The molecule has 146 valence electrons. The number of carbonyl (C=O) groups is 1. The molecule has 0 fully saturated rings. The van der Waals surface area contributed by atoms with Crippen LogP contribution in [0.1, 0.15) is 51.8 Å². The molecule has 2 atom stereocenters. The maximum atomic E-state index is 12.6. The number of amides is 1.